The standard InChI is InChI=1S/C16H26N2/c1-4-16(5-2)9-11-18(12-10-16)15-8-6-7-14(17)13(15)3/h6-8H,4-5,9-12,17H2,1-3H3. The summed E-state index contributed by atoms with van der Waals surface area (Å²) in [5.74, 6) is 0. The van der Waals surface area contributed by atoms with Gasteiger partial charge in [-0.25, -0.2) is 0 Å². The Morgan fingerprint density at radius 2 is 1.78 bits per heavy atom. The van der Waals surface area contributed by atoms with Gasteiger partial charge < -0.3 is 10.6 Å². The number of nitrogens with zero attached hydrogens (tertiary/aromatic N) is 1. The van der Waals surface area contributed by atoms with Gasteiger partial charge in [-0.2, -0.15) is 0 Å². The monoisotopic (exact) mass is 246 g/mol. The van der Waals surface area contributed by atoms with Crippen molar-refractivity contribution in [2.45, 2.75) is 46.5 Å². The van der Waals surface area contributed by atoms with Gasteiger partial charge in [0.1, 0.15) is 0 Å². The minimum absolute atomic E-state index is 0.588. The Morgan fingerprint density at radius 3 is 2.33 bits per heavy atom. The van der Waals surface area contributed by atoms with Crippen LogP contribution in [-0.2, 0) is 0 Å². The fraction of sp³-hybridized carbons (Fsp3) is 0.625. The van der Waals surface area contributed by atoms with Gasteiger partial charge in [0, 0.05) is 24.5 Å². The number of hydrogen-bond acceptors (Lipinski definition) is 2. The number of hydrogen-bond donors (Lipinski definition) is 1. The molecule has 0 spiro atoms. The highest BCUT2D eigenvalue weighted by Crippen LogP contribution is 2.39. The first-order valence-electron chi connectivity index (χ1n) is 7.22. The van der Waals surface area contributed by atoms with Gasteiger partial charge in [-0.05, 0) is 42.9 Å². The SMILES string of the molecule is CCC1(CC)CCN(c2cccc(N)c2C)CC1. The highest BCUT2D eigenvalue weighted by molar-refractivity contribution is 5.64. The predicted octanol–water partition coefficient (Wildman–Crippen LogP) is 3.98. The van der Waals surface area contributed by atoms with E-state index < -0.39 is 0 Å². The molecule has 0 saturated carbocycles. The molecule has 1 aliphatic heterocycles. The van der Waals surface area contributed by atoms with E-state index in [2.05, 4.69) is 37.8 Å². The molecule has 2 heteroatoms. The fourth-order valence-corrected chi connectivity index (χ4v) is 3.16. The second-order valence-corrected chi connectivity index (χ2v) is 5.69. The Labute approximate surface area is 111 Å². The highest BCUT2D eigenvalue weighted by Gasteiger charge is 2.31. The third-order valence-corrected chi connectivity index (χ3v) is 5.01. The smallest absolute Gasteiger partial charge is 0.0416 e. The first-order valence-corrected chi connectivity index (χ1v) is 7.22. The van der Waals surface area contributed by atoms with Gasteiger partial charge >= 0.3 is 0 Å². The van der Waals surface area contributed by atoms with E-state index in [-0.39, 0.29) is 0 Å². The molecule has 18 heavy (non-hydrogen) atoms. The van der Waals surface area contributed by atoms with Crippen molar-refractivity contribution in [2.75, 3.05) is 23.7 Å². The maximum atomic E-state index is 6.01. The minimum Gasteiger partial charge on any atom is -0.398 e. The van der Waals surface area contributed by atoms with Crippen molar-refractivity contribution in [3.8, 4) is 0 Å². The molecule has 2 N–H and O–H groups in total. The Morgan fingerprint density at radius 1 is 1.17 bits per heavy atom. The van der Waals surface area contributed by atoms with Crippen molar-refractivity contribution in [1.82, 2.24) is 0 Å². The zero-order valence-electron chi connectivity index (χ0n) is 12.0. The molecule has 1 saturated heterocycles. The van der Waals surface area contributed by atoms with Gasteiger partial charge in [0.25, 0.3) is 0 Å². The fourth-order valence-electron chi connectivity index (χ4n) is 3.16. The summed E-state index contributed by atoms with van der Waals surface area (Å²) >= 11 is 0. The molecule has 0 atom stereocenters. The zero-order chi connectivity index (χ0) is 13.2. The average molecular weight is 246 g/mol. The molecule has 1 aromatic rings. The Kier molecular flexibility index (Phi) is 3.84. The second-order valence-electron chi connectivity index (χ2n) is 5.69. The topological polar surface area (TPSA) is 29.3 Å². The highest BCUT2D eigenvalue weighted by atomic mass is 15.1. The summed E-state index contributed by atoms with van der Waals surface area (Å²) in [6.45, 7) is 9.15. The summed E-state index contributed by atoms with van der Waals surface area (Å²) in [6.07, 6.45) is 5.25. The van der Waals surface area contributed by atoms with E-state index in [0.717, 1.165) is 5.69 Å². The zero-order valence-corrected chi connectivity index (χ0v) is 12.0. The minimum atomic E-state index is 0.588. The van der Waals surface area contributed by atoms with Gasteiger partial charge in [0.05, 0.1) is 0 Å². The van der Waals surface area contributed by atoms with E-state index in [4.69, 9.17) is 5.73 Å². The van der Waals surface area contributed by atoms with Crippen molar-refractivity contribution in [3.63, 3.8) is 0 Å². The van der Waals surface area contributed by atoms with E-state index >= 15 is 0 Å². The van der Waals surface area contributed by atoms with Crippen molar-refractivity contribution < 1.29 is 0 Å². The van der Waals surface area contributed by atoms with Crippen LogP contribution < -0.4 is 10.6 Å². The van der Waals surface area contributed by atoms with Crippen LogP contribution in [0.1, 0.15) is 45.1 Å². The van der Waals surface area contributed by atoms with Crippen LogP contribution in [0.4, 0.5) is 11.4 Å². The first-order chi connectivity index (χ1) is 8.62. The molecule has 2 rings (SSSR count). The van der Waals surface area contributed by atoms with Gasteiger partial charge in [0.2, 0.25) is 0 Å². The molecular weight excluding hydrogens is 220 g/mol. The molecule has 0 radical (unpaired) electrons. The molecule has 2 nitrogen and oxygen atoms in total. The van der Waals surface area contributed by atoms with Gasteiger partial charge in [0.15, 0.2) is 0 Å². The lowest BCUT2D eigenvalue weighted by molar-refractivity contribution is 0.199. The normalized spacial score (nSPS) is 18.9. The number of benzene rings is 1. The molecule has 1 fully saturated rings. The predicted molar refractivity (Wildman–Crippen MR) is 80.1 cm³/mol. The molecule has 0 aromatic heterocycles. The van der Waals surface area contributed by atoms with Crippen molar-refractivity contribution in [2.24, 2.45) is 5.41 Å². The first kappa shape index (κ1) is 13.3. The second kappa shape index (κ2) is 5.21. The quantitative estimate of drug-likeness (QED) is 0.817. The molecule has 0 aliphatic carbocycles. The van der Waals surface area contributed by atoms with Crippen LogP contribution in [0.3, 0.4) is 0 Å². The number of rotatable bonds is 3. The summed E-state index contributed by atoms with van der Waals surface area (Å²) in [6, 6.07) is 6.26. The Hall–Kier alpha value is -1.18. The summed E-state index contributed by atoms with van der Waals surface area (Å²) in [7, 11) is 0. The number of piperidine rings is 1. The van der Waals surface area contributed by atoms with Crippen LogP contribution in [0.25, 0.3) is 0 Å². The number of nitrogens with two attached hydrogens (primary N) is 1. The van der Waals surface area contributed by atoms with Crippen molar-refractivity contribution in [3.05, 3.63) is 23.8 Å². The lowest BCUT2D eigenvalue weighted by Gasteiger charge is -2.42. The van der Waals surface area contributed by atoms with Crippen LogP contribution in [0.5, 0.6) is 0 Å². The number of anilines is 2. The largest absolute Gasteiger partial charge is 0.398 e. The van der Waals surface area contributed by atoms with Crippen LogP contribution >= 0.6 is 0 Å². The third kappa shape index (κ3) is 2.33. The van der Waals surface area contributed by atoms with E-state index in [1.807, 2.05) is 6.07 Å². The van der Waals surface area contributed by atoms with E-state index in [0.29, 0.717) is 5.41 Å². The molecule has 1 aliphatic rings. The van der Waals surface area contributed by atoms with E-state index in [9.17, 15) is 0 Å². The summed E-state index contributed by atoms with van der Waals surface area (Å²) in [4.78, 5) is 2.51. The molecule has 0 unspecified atom stereocenters. The third-order valence-electron chi connectivity index (χ3n) is 5.01. The molecule has 0 amide bonds. The Bertz CT molecular complexity index is 398. The van der Waals surface area contributed by atoms with Crippen LogP contribution in [0.2, 0.25) is 0 Å². The van der Waals surface area contributed by atoms with Gasteiger partial charge in [-0.3, -0.25) is 0 Å². The van der Waals surface area contributed by atoms with Crippen LogP contribution in [-0.4, -0.2) is 13.1 Å². The van der Waals surface area contributed by atoms with E-state index in [1.54, 1.807) is 0 Å². The van der Waals surface area contributed by atoms with Gasteiger partial charge in [-0.15, -0.1) is 0 Å². The molecule has 100 valence electrons. The Balaban J connectivity index is 2.12. The summed E-state index contributed by atoms with van der Waals surface area (Å²) < 4.78 is 0. The molecular formula is C16H26N2. The average Bonchev–Trinajstić information content (AvgIpc) is 2.42. The lowest BCUT2D eigenvalue weighted by atomic mass is 9.74. The molecule has 1 heterocycles. The summed E-state index contributed by atoms with van der Waals surface area (Å²) in [5, 5.41) is 0. The van der Waals surface area contributed by atoms with Crippen LogP contribution in [0, 0.1) is 12.3 Å². The molecule has 1 aromatic carbocycles. The van der Waals surface area contributed by atoms with Crippen molar-refractivity contribution >= 4 is 11.4 Å². The summed E-state index contributed by atoms with van der Waals surface area (Å²) in [5.41, 5.74) is 10.1. The van der Waals surface area contributed by atoms with Crippen molar-refractivity contribution in [1.29, 1.82) is 0 Å². The van der Waals surface area contributed by atoms with E-state index in [1.165, 1.54) is 50.0 Å². The maximum Gasteiger partial charge on any atom is 0.0416 e. The lowest BCUT2D eigenvalue weighted by Crippen LogP contribution is -2.40. The van der Waals surface area contributed by atoms with Gasteiger partial charge in [-0.1, -0.05) is 32.8 Å². The molecule has 0 bridgehead atoms. The van der Waals surface area contributed by atoms with Crippen LogP contribution in [0.15, 0.2) is 18.2 Å². The number of nitrogen functional groups attached to an aromatic ring is 1. The maximum absolute atomic E-state index is 6.01.